The molecule has 1 aromatic carbocycles. The highest BCUT2D eigenvalue weighted by atomic mass is 16.2. The highest BCUT2D eigenvalue weighted by molar-refractivity contribution is 5.91. The molecule has 0 aliphatic carbocycles. The number of nitrogens with one attached hydrogen (secondary N) is 1. The molecule has 3 rings (SSSR count). The van der Waals surface area contributed by atoms with Gasteiger partial charge in [-0.05, 0) is 43.4 Å². The van der Waals surface area contributed by atoms with Crippen LogP contribution in [0, 0.1) is 5.92 Å². The predicted octanol–water partition coefficient (Wildman–Crippen LogP) is 2.30. The van der Waals surface area contributed by atoms with Crippen LogP contribution >= 0.6 is 0 Å². The van der Waals surface area contributed by atoms with Crippen molar-refractivity contribution < 1.29 is 4.79 Å². The van der Waals surface area contributed by atoms with Crippen molar-refractivity contribution in [3.8, 4) is 0 Å². The largest absolute Gasteiger partial charge is 0.339 e. The molecule has 2 aliphatic rings. The van der Waals surface area contributed by atoms with Gasteiger partial charge in [-0.3, -0.25) is 4.79 Å². The monoisotopic (exact) mass is 270 g/mol. The highest BCUT2D eigenvalue weighted by Gasteiger charge is 2.32. The molecule has 2 aliphatic heterocycles. The summed E-state index contributed by atoms with van der Waals surface area (Å²) in [6.07, 6.45) is 7.21. The molecule has 0 radical (unpaired) electrons. The van der Waals surface area contributed by atoms with E-state index in [0.717, 1.165) is 31.6 Å². The first-order valence-corrected chi connectivity index (χ1v) is 7.58. The summed E-state index contributed by atoms with van der Waals surface area (Å²) in [5.41, 5.74) is 1.08. The average Bonchev–Trinajstić information content (AvgIpc) is 2.53. The van der Waals surface area contributed by atoms with Crippen LogP contribution in [0.5, 0.6) is 0 Å². The van der Waals surface area contributed by atoms with Gasteiger partial charge >= 0.3 is 0 Å². The maximum atomic E-state index is 12.3. The zero-order valence-electron chi connectivity index (χ0n) is 11.8. The Morgan fingerprint density at radius 2 is 2.10 bits per heavy atom. The Kier molecular flexibility index (Phi) is 4.16. The van der Waals surface area contributed by atoms with Crippen molar-refractivity contribution in [1.82, 2.24) is 10.2 Å². The molecule has 2 saturated heterocycles. The number of carbonyl (C=O) groups excluding carboxylic acids is 1. The molecule has 2 atom stereocenters. The summed E-state index contributed by atoms with van der Waals surface area (Å²) in [5, 5.41) is 3.58. The molecule has 0 saturated carbocycles. The Balaban J connectivity index is 1.59. The van der Waals surface area contributed by atoms with Gasteiger partial charge in [0, 0.05) is 25.2 Å². The van der Waals surface area contributed by atoms with Crippen molar-refractivity contribution in [3.05, 3.63) is 42.0 Å². The molecule has 3 heteroatoms. The van der Waals surface area contributed by atoms with E-state index >= 15 is 0 Å². The van der Waals surface area contributed by atoms with Crippen LogP contribution in [0.15, 0.2) is 36.4 Å². The van der Waals surface area contributed by atoms with Gasteiger partial charge in [-0.2, -0.15) is 0 Å². The topological polar surface area (TPSA) is 32.3 Å². The van der Waals surface area contributed by atoms with Crippen molar-refractivity contribution in [3.63, 3.8) is 0 Å². The lowest BCUT2D eigenvalue weighted by atomic mass is 9.85. The summed E-state index contributed by atoms with van der Waals surface area (Å²) in [5.74, 6) is 0.796. The van der Waals surface area contributed by atoms with Gasteiger partial charge < -0.3 is 10.2 Å². The van der Waals surface area contributed by atoms with Crippen LogP contribution < -0.4 is 5.32 Å². The van der Waals surface area contributed by atoms with Gasteiger partial charge in [0.2, 0.25) is 5.91 Å². The van der Waals surface area contributed by atoms with E-state index in [1.807, 2.05) is 41.3 Å². The van der Waals surface area contributed by atoms with Crippen LogP contribution in [-0.4, -0.2) is 36.5 Å². The third-order valence-electron chi connectivity index (χ3n) is 4.42. The number of carbonyl (C=O) groups is 1. The number of hydrogen-bond acceptors (Lipinski definition) is 2. The first kappa shape index (κ1) is 13.4. The maximum absolute atomic E-state index is 12.3. The Bertz CT molecular complexity index is 483. The minimum absolute atomic E-state index is 0.151. The van der Waals surface area contributed by atoms with E-state index in [9.17, 15) is 4.79 Å². The fourth-order valence-corrected chi connectivity index (χ4v) is 3.28. The van der Waals surface area contributed by atoms with Crippen molar-refractivity contribution in [2.24, 2.45) is 5.92 Å². The average molecular weight is 270 g/mol. The zero-order valence-corrected chi connectivity index (χ0v) is 11.8. The number of amides is 1. The summed E-state index contributed by atoms with van der Waals surface area (Å²) >= 11 is 0. The van der Waals surface area contributed by atoms with Crippen molar-refractivity contribution in [1.29, 1.82) is 0 Å². The molecule has 1 amide bonds. The van der Waals surface area contributed by atoms with Crippen LogP contribution in [0.4, 0.5) is 0 Å². The number of likely N-dealkylation sites (tertiary alicyclic amines) is 1. The SMILES string of the molecule is O=C(/C=C/c1ccccc1)N1CC[C@H]2NCCC[C@H]2C1. The summed E-state index contributed by atoms with van der Waals surface area (Å²) in [7, 11) is 0. The fraction of sp³-hybridized carbons (Fsp3) is 0.471. The Morgan fingerprint density at radius 1 is 1.25 bits per heavy atom. The second kappa shape index (κ2) is 6.23. The van der Waals surface area contributed by atoms with Gasteiger partial charge in [0.15, 0.2) is 0 Å². The number of benzene rings is 1. The minimum Gasteiger partial charge on any atom is -0.339 e. The van der Waals surface area contributed by atoms with Gasteiger partial charge in [-0.25, -0.2) is 0 Å². The van der Waals surface area contributed by atoms with E-state index in [4.69, 9.17) is 0 Å². The lowest BCUT2D eigenvalue weighted by Crippen LogP contribution is -2.53. The summed E-state index contributed by atoms with van der Waals surface area (Å²) in [6, 6.07) is 10.6. The van der Waals surface area contributed by atoms with Crippen LogP contribution in [0.2, 0.25) is 0 Å². The first-order chi connectivity index (χ1) is 9.83. The van der Waals surface area contributed by atoms with Gasteiger partial charge in [0.1, 0.15) is 0 Å². The van der Waals surface area contributed by atoms with E-state index in [0.29, 0.717) is 12.0 Å². The fourth-order valence-electron chi connectivity index (χ4n) is 3.28. The quantitative estimate of drug-likeness (QED) is 0.836. The van der Waals surface area contributed by atoms with E-state index in [2.05, 4.69) is 5.32 Å². The zero-order chi connectivity index (χ0) is 13.8. The van der Waals surface area contributed by atoms with Crippen LogP contribution in [-0.2, 0) is 4.79 Å². The Labute approximate surface area is 120 Å². The van der Waals surface area contributed by atoms with Gasteiger partial charge in [-0.1, -0.05) is 30.3 Å². The lowest BCUT2D eigenvalue weighted by molar-refractivity contribution is -0.128. The molecule has 2 heterocycles. The van der Waals surface area contributed by atoms with E-state index in [-0.39, 0.29) is 5.91 Å². The maximum Gasteiger partial charge on any atom is 0.246 e. The third kappa shape index (κ3) is 3.10. The standard InChI is InChI=1S/C17H22N2O/c20-17(9-8-14-5-2-1-3-6-14)19-12-10-16-15(13-19)7-4-11-18-16/h1-3,5-6,8-9,15-16,18H,4,7,10-13H2/b9-8+/t15-,16+/m0/s1. The molecule has 0 spiro atoms. The molecule has 0 bridgehead atoms. The summed E-state index contributed by atoms with van der Waals surface area (Å²) < 4.78 is 0. The normalized spacial score (nSPS) is 26.5. The molecule has 0 unspecified atom stereocenters. The highest BCUT2D eigenvalue weighted by Crippen LogP contribution is 2.24. The molecule has 3 nitrogen and oxygen atoms in total. The number of rotatable bonds is 2. The molecule has 2 fully saturated rings. The van der Waals surface area contributed by atoms with Gasteiger partial charge in [0.05, 0.1) is 0 Å². The van der Waals surface area contributed by atoms with Crippen LogP contribution in [0.3, 0.4) is 0 Å². The molecule has 1 aromatic rings. The van der Waals surface area contributed by atoms with E-state index in [1.54, 1.807) is 6.08 Å². The third-order valence-corrected chi connectivity index (χ3v) is 4.42. The van der Waals surface area contributed by atoms with Crippen molar-refractivity contribution in [2.75, 3.05) is 19.6 Å². The number of fused-ring (bicyclic) bond motifs is 1. The number of piperidine rings is 2. The number of hydrogen-bond donors (Lipinski definition) is 1. The van der Waals surface area contributed by atoms with Crippen molar-refractivity contribution in [2.45, 2.75) is 25.3 Å². The van der Waals surface area contributed by atoms with Crippen LogP contribution in [0.25, 0.3) is 6.08 Å². The van der Waals surface area contributed by atoms with E-state index < -0.39 is 0 Å². The molecule has 1 N–H and O–H groups in total. The summed E-state index contributed by atoms with van der Waals surface area (Å²) in [4.78, 5) is 14.3. The second-order valence-corrected chi connectivity index (χ2v) is 5.78. The van der Waals surface area contributed by atoms with Crippen LogP contribution in [0.1, 0.15) is 24.8 Å². The second-order valence-electron chi connectivity index (χ2n) is 5.78. The Morgan fingerprint density at radius 3 is 2.95 bits per heavy atom. The van der Waals surface area contributed by atoms with Gasteiger partial charge in [-0.15, -0.1) is 0 Å². The predicted molar refractivity (Wildman–Crippen MR) is 81.2 cm³/mol. The molecule has 20 heavy (non-hydrogen) atoms. The smallest absolute Gasteiger partial charge is 0.246 e. The molecule has 0 aromatic heterocycles. The molecule has 106 valence electrons. The minimum atomic E-state index is 0.151. The summed E-state index contributed by atoms with van der Waals surface area (Å²) in [6.45, 7) is 2.94. The lowest BCUT2D eigenvalue weighted by Gasteiger charge is -2.41. The van der Waals surface area contributed by atoms with Crippen molar-refractivity contribution >= 4 is 12.0 Å². The number of nitrogens with zero attached hydrogens (tertiary/aromatic N) is 1. The van der Waals surface area contributed by atoms with E-state index in [1.165, 1.54) is 12.8 Å². The first-order valence-electron chi connectivity index (χ1n) is 7.58. The molecular weight excluding hydrogens is 248 g/mol. The van der Waals surface area contributed by atoms with Gasteiger partial charge in [0.25, 0.3) is 0 Å². The Hall–Kier alpha value is -1.61. The molecular formula is C17H22N2O.